The van der Waals surface area contributed by atoms with E-state index in [1.807, 2.05) is 6.07 Å². The van der Waals surface area contributed by atoms with E-state index < -0.39 is 13.0 Å². The molecule has 0 aliphatic carbocycles. The predicted molar refractivity (Wildman–Crippen MR) is 83.0 cm³/mol. The van der Waals surface area contributed by atoms with Crippen molar-refractivity contribution in [2.24, 2.45) is 0 Å². The standard InChI is InChI=1S/C18H13F2N2O.Y/c1-3-14-6-9-17(22(13(14)2)12-18(19)20)15-4-7-16(8-5-15)23-11-10-21;/h1,4-8,18H,2,11-12H2;/q-1;. The van der Waals surface area contributed by atoms with Gasteiger partial charge in [-0.05, 0) is 17.8 Å². The van der Waals surface area contributed by atoms with Crippen molar-refractivity contribution in [2.45, 2.75) is 6.43 Å². The van der Waals surface area contributed by atoms with Crippen molar-refractivity contribution >= 4 is 5.70 Å². The molecule has 3 nitrogen and oxygen atoms in total. The number of nitrogens with zero attached hydrogens (tertiary/aromatic N) is 2. The number of alkyl halides is 2. The Hall–Kier alpha value is -1.95. The first-order valence-electron chi connectivity index (χ1n) is 6.72. The zero-order valence-electron chi connectivity index (χ0n) is 12.8. The van der Waals surface area contributed by atoms with Crippen LogP contribution in [0, 0.1) is 29.8 Å². The Morgan fingerprint density at radius 1 is 1.33 bits per heavy atom. The summed E-state index contributed by atoms with van der Waals surface area (Å²) in [6.07, 6.45) is 7.30. The summed E-state index contributed by atoms with van der Waals surface area (Å²) in [6.45, 7) is 3.22. The third-order valence-electron chi connectivity index (χ3n) is 3.17. The maximum atomic E-state index is 12.9. The van der Waals surface area contributed by atoms with Gasteiger partial charge in [-0.1, -0.05) is 23.4 Å². The Kier molecular flexibility index (Phi) is 7.85. The molecule has 1 aliphatic heterocycles. The molecule has 0 unspecified atom stereocenters. The minimum Gasteiger partial charge on any atom is -0.479 e. The van der Waals surface area contributed by atoms with E-state index in [2.05, 4.69) is 18.6 Å². The van der Waals surface area contributed by atoms with Crippen molar-refractivity contribution in [1.29, 1.82) is 5.26 Å². The van der Waals surface area contributed by atoms with Crippen molar-refractivity contribution in [3.05, 3.63) is 59.8 Å². The second-order valence-electron chi connectivity index (χ2n) is 4.61. The van der Waals surface area contributed by atoms with Crippen LogP contribution in [0.25, 0.3) is 5.70 Å². The second-order valence-corrected chi connectivity index (χ2v) is 4.61. The van der Waals surface area contributed by atoms with Crippen LogP contribution in [-0.2, 0) is 32.7 Å². The first kappa shape index (κ1) is 20.1. The molecule has 0 N–H and O–H groups in total. The third-order valence-corrected chi connectivity index (χ3v) is 3.17. The molecule has 1 aromatic rings. The number of benzene rings is 1. The van der Waals surface area contributed by atoms with E-state index in [0.717, 1.165) is 0 Å². The topological polar surface area (TPSA) is 36.3 Å². The number of nitriles is 1. The van der Waals surface area contributed by atoms with E-state index >= 15 is 0 Å². The molecule has 0 saturated carbocycles. The predicted octanol–water partition coefficient (Wildman–Crippen LogP) is 3.38. The van der Waals surface area contributed by atoms with Gasteiger partial charge in [0.15, 0.2) is 6.61 Å². The molecule has 1 radical (unpaired) electrons. The second kappa shape index (κ2) is 9.37. The van der Waals surface area contributed by atoms with Crippen molar-refractivity contribution in [2.75, 3.05) is 13.2 Å². The summed E-state index contributed by atoms with van der Waals surface area (Å²) < 4.78 is 30.9. The van der Waals surface area contributed by atoms with Crippen LogP contribution in [0.4, 0.5) is 8.78 Å². The van der Waals surface area contributed by atoms with Gasteiger partial charge in [0.25, 0.3) is 6.43 Å². The number of hydrogen-bond acceptors (Lipinski definition) is 3. The summed E-state index contributed by atoms with van der Waals surface area (Å²) in [5, 5.41) is 8.48. The van der Waals surface area contributed by atoms with Crippen LogP contribution in [0.15, 0.2) is 48.2 Å². The van der Waals surface area contributed by atoms with E-state index in [-0.39, 0.29) is 39.3 Å². The Morgan fingerprint density at radius 2 is 2.00 bits per heavy atom. The quantitative estimate of drug-likeness (QED) is 0.562. The molecular formula is C18H13F2N2OY-. The minimum atomic E-state index is -2.54. The molecule has 6 heteroatoms. The van der Waals surface area contributed by atoms with Gasteiger partial charge in [0.05, 0.1) is 6.54 Å². The van der Waals surface area contributed by atoms with Gasteiger partial charge in [-0.25, -0.2) is 8.78 Å². The first-order chi connectivity index (χ1) is 11.1. The molecule has 0 spiro atoms. The molecular weight excluding hydrogens is 387 g/mol. The number of halogens is 2. The van der Waals surface area contributed by atoms with Gasteiger partial charge in [-0.3, -0.25) is 0 Å². The van der Waals surface area contributed by atoms with Gasteiger partial charge in [0.1, 0.15) is 11.8 Å². The van der Waals surface area contributed by atoms with Crippen LogP contribution in [0.1, 0.15) is 5.56 Å². The van der Waals surface area contributed by atoms with Crippen LogP contribution in [-0.4, -0.2) is 24.5 Å². The minimum absolute atomic E-state index is 0. The average molecular weight is 400 g/mol. The van der Waals surface area contributed by atoms with E-state index in [0.29, 0.717) is 28.3 Å². The molecule has 1 aromatic carbocycles. The van der Waals surface area contributed by atoms with E-state index in [4.69, 9.17) is 16.4 Å². The van der Waals surface area contributed by atoms with E-state index in [9.17, 15) is 8.78 Å². The van der Waals surface area contributed by atoms with Gasteiger partial charge in [0.2, 0.25) is 0 Å². The first-order valence-corrected chi connectivity index (χ1v) is 6.72. The molecule has 0 bridgehead atoms. The van der Waals surface area contributed by atoms with Gasteiger partial charge >= 0.3 is 0 Å². The van der Waals surface area contributed by atoms with Crippen molar-refractivity contribution in [3.63, 3.8) is 0 Å². The van der Waals surface area contributed by atoms with Crippen molar-refractivity contribution in [1.82, 2.24) is 4.90 Å². The van der Waals surface area contributed by atoms with Gasteiger partial charge in [-0.15, -0.1) is 24.5 Å². The summed E-state index contributed by atoms with van der Waals surface area (Å²) in [4.78, 5) is 1.35. The maximum absolute atomic E-state index is 12.9. The summed E-state index contributed by atoms with van der Waals surface area (Å²) in [6, 6.07) is 8.59. The smallest absolute Gasteiger partial charge is 0.256 e. The van der Waals surface area contributed by atoms with Crippen LogP contribution in [0.3, 0.4) is 0 Å². The Bertz CT molecular complexity index is 740. The SMILES string of the molecule is C#CC1=C[C-]=C(c2ccc(OCC#N)cc2)N(CC(F)F)C1=C.[Y]. The average Bonchev–Trinajstić information content (AvgIpc) is 2.55. The molecule has 0 aromatic heterocycles. The third kappa shape index (κ3) is 4.77. The number of ether oxygens (including phenoxy) is 1. The summed E-state index contributed by atoms with van der Waals surface area (Å²) in [5.41, 5.74) is 1.89. The molecule has 1 heterocycles. The van der Waals surface area contributed by atoms with Crippen molar-refractivity contribution in [3.8, 4) is 24.2 Å². The van der Waals surface area contributed by atoms with Gasteiger partial charge in [-0.2, -0.15) is 17.4 Å². The fraction of sp³-hybridized carbons (Fsp3) is 0.167. The Labute approximate surface area is 165 Å². The Balaban J connectivity index is 0.00000288. The Morgan fingerprint density at radius 3 is 2.54 bits per heavy atom. The number of rotatable bonds is 5. The molecule has 0 amide bonds. The monoisotopic (exact) mass is 400 g/mol. The van der Waals surface area contributed by atoms with Crippen LogP contribution in [0.2, 0.25) is 0 Å². The molecule has 24 heavy (non-hydrogen) atoms. The van der Waals surface area contributed by atoms with Crippen LogP contribution in [0.5, 0.6) is 5.75 Å². The normalized spacial score (nSPS) is 13.4. The molecule has 0 saturated heterocycles. The summed E-state index contributed by atoms with van der Waals surface area (Å²) >= 11 is 0. The maximum Gasteiger partial charge on any atom is 0.256 e. The molecule has 0 fully saturated rings. The van der Waals surface area contributed by atoms with Crippen molar-refractivity contribution < 1.29 is 46.2 Å². The summed E-state index contributed by atoms with van der Waals surface area (Å²) in [7, 11) is 0. The summed E-state index contributed by atoms with van der Waals surface area (Å²) in [5.74, 6) is 2.93. The fourth-order valence-corrected chi connectivity index (χ4v) is 2.11. The zero-order chi connectivity index (χ0) is 16.8. The van der Waals surface area contributed by atoms with E-state index in [1.165, 1.54) is 4.90 Å². The molecule has 2 rings (SSSR count). The van der Waals surface area contributed by atoms with E-state index in [1.54, 1.807) is 30.3 Å². The number of terminal acetylenes is 1. The van der Waals surface area contributed by atoms with Gasteiger partial charge in [0, 0.05) is 32.7 Å². The molecule has 1 aliphatic rings. The largest absolute Gasteiger partial charge is 0.479 e. The zero-order valence-corrected chi connectivity index (χ0v) is 15.6. The van der Waals surface area contributed by atoms with Crippen LogP contribution >= 0.6 is 0 Å². The number of allylic oxidation sites excluding steroid dienone is 3. The molecule has 119 valence electrons. The fourth-order valence-electron chi connectivity index (χ4n) is 2.11. The van der Waals surface area contributed by atoms with Crippen LogP contribution < -0.4 is 4.74 Å². The van der Waals surface area contributed by atoms with Gasteiger partial charge < -0.3 is 9.64 Å². The number of hydrogen-bond donors (Lipinski definition) is 0. The molecule has 0 atom stereocenters.